The molecule has 148 valence electrons. The summed E-state index contributed by atoms with van der Waals surface area (Å²) in [6.45, 7) is 4.11. The van der Waals surface area contributed by atoms with Crippen LogP contribution in [-0.4, -0.2) is 18.1 Å². The number of rotatable bonds is 5. The van der Waals surface area contributed by atoms with E-state index >= 15 is 0 Å². The number of benzene rings is 3. The van der Waals surface area contributed by atoms with Gasteiger partial charge in [0.05, 0.1) is 7.11 Å². The van der Waals surface area contributed by atoms with Crippen LogP contribution in [0.3, 0.4) is 0 Å². The molecule has 0 aliphatic carbocycles. The third-order valence-corrected chi connectivity index (χ3v) is 4.81. The van der Waals surface area contributed by atoms with Crippen molar-refractivity contribution in [2.75, 3.05) is 23.1 Å². The van der Waals surface area contributed by atoms with Crippen LogP contribution in [0.25, 0.3) is 0 Å². The summed E-state index contributed by atoms with van der Waals surface area (Å²) >= 11 is 5.40. The maximum Gasteiger partial charge on any atom is 0.255 e. The summed E-state index contributed by atoms with van der Waals surface area (Å²) in [5, 5.41) is 9.71. The van der Waals surface area contributed by atoms with Gasteiger partial charge in [-0.3, -0.25) is 4.79 Å². The van der Waals surface area contributed by atoms with Crippen molar-refractivity contribution in [2.45, 2.75) is 13.8 Å². The van der Waals surface area contributed by atoms with Gasteiger partial charge in [0, 0.05) is 22.6 Å². The minimum atomic E-state index is -0.183. The minimum absolute atomic E-state index is 0.183. The van der Waals surface area contributed by atoms with E-state index in [2.05, 4.69) is 35.9 Å². The van der Waals surface area contributed by atoms with E-state index in [1.165, 1.54) is 5.56 Å². The molecule has 3 rings (SSSR count). The highest BCUT2D eigenvalue weighted by Crippen LogP contribution is 2.19. The smallest absolute Gasteiger partial charge is 0.255 e. The zero-order chi connectivity index (χ0) is 20.8. The molecule has 0 aliphatic heterocycles. The lowest BCUT2D eigenvalue weighted by atomic mass is 10.1. The summed E-state index contributed by atoms with van der Waals surface area (Å²) in [6.07, 6.45) is 0. The molecule has 0 saturated heterocycles. The van der Waals surface area contributed by atoms with Gasteiger partial charge in [0.1, 0.15) is 5.75 Å². The van der Waals surface area contributed by atoms with Crippen LogP contribution in [-0.2, 0) is 0 Å². The highest BCUT2D eigenvalue weighted by atomic mass is 32.1. The second-order valence-corrected chi connectivity index (χ2v) is 6.99. The third kappa shape index (κ3) is 5.33. The van der Waals surface area contributed by atoms with Crippen LogP contribution in [0.2, 0.25) is 0 Å². The van der Waals surface area contributed by atoms with E-state index in [-0.39, 0.29) is 5.91 Å². The summed E-state index contributed by atoms with van der Waals surface area (Å²) in [4.78, 5) is 12.4. The number of hydrogen-bond acceptors (Lipinski definition) is 3. The quantitative estimate of drug-likeness (QED) is 0.498. The molecule has 29 heavy (non-hydrogen) atoms. The van der Waals surface area contributed by atoms with Crippen LogP contribution in [0.1, 0.15) is 21.5 Å². The molecule has 6 heteroatoms. The molecule has 3 aromatic carbocycles. The van der Waals surface area contributed by atoms with Crippen LogP contribution >= 0.6 is 12.2 Å². The SMILES string of the molecule is COc1ccc(NC(=O)c2ccc(NC(=S)Nc3cccc(C)c3C)cc2)cc1. The first kappa shape index (κ1) is 20.4. The van der Waals surface area contributed by atoms with Crippen LogP contribution < -0.4 is 20.7 Å². The fourth-order valence-corrected chi connectivity index (χ4v) is 2.98. The second-order valence-electron chi connectivity index (χ2n) is 6.59. The van der Waals surface area contributed by atoms with E-state index < -0.39 is 0 Å². The number of thiocarbonyl (C=S) groups is 1. The molecule has 0 heterocycles. The van der Waals surface area contributed by atoms with E-state index in [9.17, 15) is 4.79 Å². The summed E-state index contributed by atoms with van der Waals surface area (Å²) in [7, 11) is 1.60. The van der Waals surface area contributed by atoms with E-state index in [4.69, 9.17) is 17.0 Å². The lowest BCUT2D eigenvalue weighted by Crippen LogP contribution is -2.20. The van der Waals surface area contributed by atoms with Gasteiger partial charge >= 0.3 is 0 Å². The molecule has 1 amide bonds. The molecule has 0 fully saturated rings. The zero-order valence-electron chi connectivity index (χ0n) is 16.6. The van der Waals surface area contributed by atoms with Gasteiger partial charge in [-0.05, 0) is 91.8 Å². The van der Waals surface area contributed by atoms with E-state index in [1.807, 2.05) is 24.3 Å². The Kier molecular flexibility index (Phi) is 6.46. The van der Waals surface area contributed by atoms with Gasteiger partial charge in [0.2, 0.25) is 0 Å². The molecule has 3 aromatic rings. The molecule has 0 bridgehead atoms. The number of aryl methyl sites for hydroxylation is 1. The average Bonchev–Trinajstić information content (AvgIpc) is 2.72. The van der Waals surface area contributed by atoms with Crippen molar-refractivity contribution in [2.24, 2.45) is 0 Å². The number of ether oxygens (including phenoxy) is 1. The van der Waals surface area contributed by atoms with E-state index in [0.717, 1.165) is 22.7 Å². The normalized spacial score (nSPS) is 10.2. The number of carbonyl (C=O) groups excluding carboxylic acids is 1. The minimum Gasteiger partial charge on any atom is -0.497 e. The van der Waals surface area contributed by atoms with Crippen molar-refractivity contribution in [3.63, 3.8) is 0 Å². The standard InChI is InChI=1S/C23H23N3O2S/c1-15-5-4-6-21(16(15)2)26-23(29)25-19-9-7-17(8-10-19)22(27)24-18-11-13-20(28-3)14-12-18/h4-14H,1-3H3,(H,24,27)(H2,25,26,29). The van der Waals surface area contributed by atoms with Crippen molar-refractivity contribution in [3.05, 3.63) is 83.4 Å². The fraction of sp³-hybridized carbons (Fsp3) is 0.130. The summed E-state index contributed by atoms with van der Waals surface area (Å²) < 4.78 is 5.12. The van der Waals surface area contributed by atoms with Gasteiger partial charge in [-0.1, -0.05) is 12.1 Å². The number of nitrogens with one attached hydrogen (secondary N) is 3. The maximum atomic E-state index is 12.4. The number of hydrogen-bond donors (Lipinski definition) is 3. The Morgan fingerprint density at radius 1 is 0.828 bits per heavy atom. The Morgan fingerprint density at radius 2 is 1.45 bits per heavy atom. The first-order valence-electron chi connectivity index (χ1n) is 9.16. The highest BCUT2D eigenvalue weighted by molar-refractivity contribution is 7.80. The van der Waals surface area contributed by atoms with Crippen molar-refractivity contribution in [1.82, 2.24) is 0 Å². The first-order valence-corrected chi connectivity index (χ1v) is 9.57. The lowest BCUT2D eigenvalue weighted by molar-refractivity contribution is 0.102. The van der Waals surface area contributed by atoms with Crippen LogP contribution in [0.4, 0.5) is 17.1 Å². The van der Waals surface area contributed by atoms with Crippen molar-refractivity contribution in [3.8, 4) is 5.75 Å². The van der Waals surface area contributed by atoms with Gasteiger partial charge in [-0.2, -0.15) is 0 Å². The largest absolute Gasteiger partial charge is 0.497 e. The molecule has 0 saturated carbocycles. The van der Waals surface area contributed by atoms with Crippen LogP contribution in [0, 0.1) is 13.8 Å². The molecule has 0 aliphatic rings. The Hall–Kier alpha value is -3.38. The Labute approximate surface area is 176 Å². The Bertz CT molecular complexity index is 1020. The predicted octanol–water partition coefficient (Wildman–Crippen LogP) is 5.37. The van der Waals surface area contributed by atoms with Crippen molar-refractivity contribution < 1.29 is 9.53 Å². The van der Waals surface area contributed by atoms with E-state index in [1.54, 1.807) is 43.5 Å². The van der Waals surface area contributed by atoms with Crippen LogP contribution in [0.15, 0.2) is 66.7 Å². The van der Waals surface area contributed by atoms with Crippen molar-refractivity contribution in [1.29, 1.82) is 0 Å². The highest BCUT2D eigenvalue weighted by Gasteiger charge is 2.08. The molecule has 0 aromatic heterocycles. The lowest BCUT2D eigenvalue weighted by Gasteiger charge is -2.14. The summed E-state index contributed by atoms with van der Waals surface area (Å²) in [5.41, 5.74) is 5.38. The van der Waals surface area contributed by atoms with Crippen molar-refractivity contribution >= 4 is 40.3 Å². The monoisotopic (exact) mass is 405 g/mol. The molecular weight excluding hydrogens is 382 g/mol. The van der Waals surface area contributed by atoms with Gasteiger partial charge in [-0.25, -0.2) is 0 Å². The van der Waals surface area contributed by atoms with Gasteiger partial charge in [0.15, 0.2) is 5.11 Å². The average molecular weight is 406 g/mol. The maximum absolute atomic E-state index is 12.4. The first-order chi connectivity index (χ1) is 14.0. The number of amides is 1. The molecule has 3 N–H and O–H groups in total. The molecule has 0 spiro atoms. The van der Waals surface area contributed by atoms with Gasteiger partial charge in [-0.15, -0.1) is 0 Å². The predicted molar refractivity (Wildman–Crippen MR) is 123 cm³/mol. The fourth-order valence-electron chi connectivity index (χ4n) is 2.75. The molecule has 0 atom stereocenters. The third-order valence-electron chi connectivity index (χ3n) is 4.61. The topological polar surface area (TPSA) is 62.4 Å². The van der Waals surface area contributed by atoms with Gasteiger partial charge in [0.25, 0.3) is 5.91 Å². The summed E-state index contributed by atoms with van der Waals surface area (Å²) in [5.74, 6) is 0.557. The molecule has 0 unspecified atom stereocenters. The van der Waals surface area contributed by atoms with Crippen LogP contribution in [0.5, 0.6) is 5.75 Å². The Morgan fingerprint density at radius 3 is 2.10 bits per heavy atom. The number of methoxy groups -OCH3 is 1. The summed E-state index contributed by atoms with van der Waals surface area (Å²) in [6, 6.07) is 20.4. The molecule has 5 nitrogen and oxygen atoms in total. The molecular formula is C23H23N3O2S. The number of anilines is 3. The Balaban J connectivity index is 1.59. The number of carbonyl (C=O) groups is 1. The second kappa shape index (κ2) is 9.21. The van der Waals surface area contributed by atoms with Gasteiger partial charge < -0.3 is 20.7 Å². The molecule has 0 radical (unpaired) electrons. The van der Waals surface area contributed by atoms with E-state index in [0.29, 0.717) is 16.4 Å². The zero-order valence-corrected chi connectivity index (χ0v) is 17.4.